The van der Waals surface area contributed by atoms with E-state index >= 15 is 0 Å². The van der Waals surface area contributed by atoms with Crippen molar-refractivity contribution in [3.63, 3.8) is 0 Å². The molecule has 1 aliphatic heterocycles. The zero-order valence-electron chi connectivity index (χ0n) is 21.9. The molecule has 0 aromatic heterocycles. The summed E-state index contributed by atoms with van der Waals surface area (Å²) in [6.07, 6.45) is 1.53. The number of ketones is 1. The summed E-state index contributed by atoms with van der Waals surface area (Å²) in [5, 5.41) is 3.42. The number of nitrogens with one attached hydrogen (secondary N) is 1. The fourth-order valence-corrected chi connectivity index (χ4v) is 5.20. The monoisotopic (exact) mass is 489 g/mol. The number of carbonyl (C=O) groups excluding carboxylic acids is 2. The average Bonchev–Trinajstić information content (AvgIpc) is 2.87. The first-order valence-electron chi connectivity index (χ1n) is 12.5. The molecule has 6 nitrogen and oxygen atoms in total. The molecule has 0 bridgehead atoms. The Morgan fingerprint density at radius 3 is 2.44 bits per heavy atom. The zero-order valence-corrected chi connectivity index (χ0v) is 21.9. The second kappa shape index (κ2) is 10.6. The molecule has 0 saturated carbocycles. The van der Waals surface area contributed by atoms with E-state index in [1.165, 1.54) is 0 Å². The minimum Gasteiger partial charge on any atom is -0.493 e. The van der Waals surface area contributed by atoms with Crippen LogP contribution in [0.15, 0.2) is 65.0 Å². The van der Waals surface area contributed by atoms with Crippen molar-refractivity contribution in [3.8, 4) is 11.5 Å². The maximum atomic E-state index is 13.8. The number of methoxy groups -OCH3 is 2. The van der Waals surface area contributed by atoms with Crippen molar-refractivity contribution >= 4 is 11.8 Å². The van der Waals surface area contributed by atoms with Crippen molar-refractivity contribution in [3.05, 3.63) is 81.7 Å². The van der Waals surface area contributed by atoms with Crippen molar-refractivity contribution in [2.75, 3.05) is 14.2 Å². The maximum absolute atomic E-state index is 13.8. The number of ether oxygens (including phenoxy) is 3. The van der Waals surface area contributed by atoms with Crippen LogP contribution in [0.25, 0.3) is 0 Å². The Hall–Kier alpha value is -3.54. The van der Waals surface area contributed by atoms with Gasteiger partial charge in [-0.15, -0.1) is 0 Å². The van der Waals surface area contributed by atoms with Gasteiger partial charge in [-0.05, 0) is 68.4 Å². The molecule has 190 valence electrons. The molecule has 0 saturated heterocycles. The molecule has 0 radical (unpaired) electrons. The van der Waals surface area contributed by atoms with Crippen molar-refractivity contribution in [2.24, 2.45) is 0 Å². The Labute approximate surface area is 213 Å². The molecule has 0 unspecified atom stereocenters. The lowest BCUT2D eigenvalue weighted by atomic mass is 9.71. The standard InChI is InChI=1S/C30H35NO5/c1-7-18(3)36-30(33)27-19(4)31-23-14-21(20-12-13-25(34-5)26(16-20)35-6)15-24(32)29(23)28(27)22-11-9-8-10-17(22)2/h8-13,16,18,21,28,31H,7,14-15H2,1-6H3/t18-,21+,28-/m0/s1. The normalized spacial score (nSPS) is 20.4. The summed E-state index contributed by atoms with van der Waals surface area (Å²) in [6.45, 7) is 7.78. The Bertz CT molecular complexity index is 1240. The fourth-order valence-electron chi connectivity index (χ4n) is 5.20. The van der Waals surface area contributed by atoms with Gasteiger partial charge in [-0.25, -0.2) is 4.79 Å². The maximum Gasteiger partial charge on any atom is 0.337 e. The van der Waals surface area contributed by atoms with Crippen molar-refractivity contribution < 1.29 is 23.8 Å². The van der Waals surface area contributed by atoms with E-state index in [1.807, 2.05) is 70.2 Å². The highest BCUT2D eigenvalue weighted by Gasteiger charge is 2.42. The number of benzene rings is 2. The number of hydrogen-bond acceptors (Lipinski definition) is 6. The number of allylic oxidation sites excluding steroid dienone is 3. The van der Waals surface area contributed by atoms with Crippen LogP contribution in [0.3, 0.4) is 0 Å². The van der Waals surface area contributed by atoms with Crippen LogP contribution in [-0.4, -0.2) is 32.1 Å². The van der Waals surface area contributed by atoms with Gasteiger partial charge in [-0.3, -0.25) is 4.79 Å². The Morgan fingerprint density at radius 2 is 1.78 bits per heavy atom. The molecule has 3 atom stereocenters. The van der Waals surface area contributed by atoms with Crippen LogP contribution in [0.4, 0.5) is 0 Å². The smallest absolute Gasteiger partial charge is 0.337 e. The van der Waals surface area contributed by atoms with Gasteiger partial charge in [0.15, 0.2) is 17.3 Å². The number of rotatable bonds is 7. The molecule has 1 heterocycles. The van der Waals surface area contributed by atoms with Crippen LogP contribution >= 0.6 is 0 Å². The van der Waals surface area contributed by atoms with Gasteiger partial charge in [0.05, 0.1) is 25.9 Å². The van der Waals surface area contributed by atoms with E-state index in [9.17, 15) is 9.59 Å². The van der Waals surface area contributed by atoms with Gasteiger partial charge in [-0.1, -0.05) is 37.3 Å². The van der Waals surface area contributed by atoms with E-state index in [4.69, 9.17) is 14.2 Å². The van der Waals surface area contributed by atoms with Gasteiger partial charge in [0.25, 0.3) is 0 Å². The first-order valence-corrected chi connectivity index (χ1v) is 12.5. The summed E-state index contributed by atoms with van der Waals surface area (Å²) in [5.41, 5.74) is 5.80. The molecular formula is C30H35NO5. The first kappa shape index (κ1) is 25.5. The van der Waals surface area contributed by atoms with E-state index < -0.39 is 5.92 Å². The molecule has 0 amide bonds. The van der Waals surface area contributed by atoms with E-state index in [1.54, 1.807) is 14.2 Å². The van der Waals surface area contributed by atoms with Gasteiger partial charge in [0, 0.05) is 29.3 Å². The summed E-state index contributed by atoms with van der Waals surface area (Å²) in [4.78, 5) is 27.2. The Balaban J connectivity index is 1.77. The lowest BCUT2D eigenvalue weighted by Crippen LogP contribution is -2.36. The number of esters is 1. The molecule has 2 aromatic rings. The van der Waals surface area contributed by atoms with Crippen LogP contribution < -0.4 is 14.8 Å². The van der Waals surface area contributed by atoms with Crippen LogP contribution in [0.2, 0.25) is 0 Å². The lowest BCUT2D eigenvalue weighted by molar-refractivity contribution is -0.144. The number of Topliss-reactive ketones (excluding diaryl/α,β-unsaturated/α-hetero) is 1. The highest BCUT2D eigenvalue weighted by Crippen LogP contribution is 2.47. The van der Waals surface area contributed by atoms with Crippen molar-refractivity contribution in [2.45, 2.75) is 64.9 Å². The minimum absolute atomic E-state index is 0.0116. The molecular weight excluding hydrogens is 454 g/mol. The number of carbonyl (C=O) groups is 2. The third-order valence-electron chi connectivity index (χ3n) is 7.31. The predicted octanol–water partition coefficient (Wildman–Crippen LogP) is 5.72. The molecule has 0 fully saturated rings. The minimum atomic E-state index is -0.460. The van der Waals surface area contributed by atoms with Gasteiger partial charge >= 0.3 is 5.97 Å². The van der Waals surface area contributed by atoms with E-state index in [0.29, 0.717) is 35.5 Å². The molecule has 6 heteroatoms. The zero-order chi connectivity index (χ0) is 26.0. The molecule has 1 N–H and O–H groups in total. The molecule has 36 heavy (non-hydrogen) atoms. The largest absolute Gasteiger partial charge is 0.493 e. The summed E-state index contributed by atoms with van der Waals surface area (Å²) in [5.74, 6) is 0.493. The van der Waals surface area contributed by atoms with Crippen LogP contribution in [0, 0.1) is 6.92 Å². The van der Waals surface area contributed by atoms with E-state index in [2.05, 4.69) is 5.32 Å². The fraction of sp³-hybridized carbons (Fsp3) is 0.400. The third kappa shape index (κ3) is 4.77. The van der Waals surface area contributed by atoms with E-state index in [0.717, 1.165) is 34.5 Å². The third-order valence-corrected chi connectivity index (χ3v) is 7.31. The molecule has 4 rings (SSSR count). The first-order chi connectivity index (χ1) is 17.3. The highest BCUT2D eigenvalue weighted by molar-refractivity contribution is 6.04. The van der Waals surface area contributed by atoms with Gasteiger partial charge in [0.2, 0.25) is 0 Å². The van der Waals surface area contributed by atoms with Gasteiger partial charge in [-0.2, -0.15) is 0 Å². The average molecular weight is 490 g/mol. The van der Waals surface area contributed by atoms with Gasteiger partial charge in [0.1, 0.15) is 0 Å². The Kier molecular flexibility index (Phi) is 7.53. The number of dihydropyridines is 1. The molecule has 1 aliphatic carbocycles. The quantitative estimate of drug-likeness (QED) is 0.502. The molecule has 2 aliphatic rings. The summed E-state index contributed by atoms with van der Waals surface area (Å²) >= 11 is 0. The second-order valence-electron chi connectivity index (χ2n) is 9.61. The Morgan fingerprint density at radius 1 is 1.06 bits per heavy atom. The van der Waals surface area contributed by atoms with Crippen molar-refractivity contribution in [1.82, 2.24) is 5.32 Å². The summed E-state index contributed by atoms with van der Waals surface area (Å²) < 4.78 is 16.6. The predicted molar refractivity (Wildman–Crippen MR) is 139 cm³/mol. The molecule has 2 aromatic carbocycles. The van der Waals surface area contributed by atoms with Crippen molar-refractivity contribution in [1.29, 1.82) is 0 Å². The van der Waals surface area contributed by atoms with Gasteiger partial charge < -0.3 is 19.5 Å². The summed E-state index contributed by atoms with van der Waals surface area (Å²) in [6, 6.07) is 13.8. The summed E-state index contributed by atoms with van der Waals surface area (Å²) in [7, 11) is 3.22. The van der Waals surface area contributed by atoms with E-state index in [-0.39, 0.29) is 23.8 Å². The SMILES string of the molecule is CC[C@H](C)OC(=O)C1=C(C)NC2=C(C(=O)C[C@H](c3ccc(OC)c(OC)c3)C2)[C@H]1c1ccccc1C. The topological polar surface area (TPSA) is 73.9 Å². The number of aryl methyl sites for hydroxylation is 1. The second-order valence-corrected chi connectivity index (χ2v) is 9.61. The van der Waals surface area contributed by atoms with Crippen LogP contribution in [0.5, 0.6) is 11.5 Å². The molecule has 0 spiro atoms. The highest BCUT2D eigenvalue weighted by atomic mass is 16.5. The van der Waals surface area contributed by atoms with Crippen LogP contribution in [-0.2, 0) is 14.3 Å². The number of hydrogen-bond donors (Lipinski definition) is 1. The lowest BCUT2D eigenvalue weighted by Gasteiger charge is -2.37. The van der Waals surface area contributed by atoms with Crippen LogP contribution in [0.1, 0.15) is 68.6 Å².